The number of rotatable bonds is 6. The molecule has 1 aromatic heterocycles. The van der Waals surface area contributed by atoms with Crippen LogP contribution in [0.5, 0.6) is 11.5 Å². The molecule has 1 spiro atoms. The molecule has 1 aromatic carbocycles. The number of carbonyl (C=O) groups excluding carboxylic acids is 1. The first-order valence-electron chi connectivity index (χ1n) is 11.5. The first-order valence-corrected chi connectivity index (χ1v) is 11.5. The number of nitrogens with one attached hydrogen (secondary N) is 1. The summed E-state index contributed by atoms with van der Waals surface area (Å²) in [6.45, 7) is 5.58. The molecular formula is C23H32N6O3. The molecule has 1 N–H and O–H groups in total. The second-order valence-corrected chi connectivity index (χ2v) is 9.55. The number of ether oxygens (including phenoxy) is 2. The molecule has 5 rings (SSSR count). The Labute approximate surface area is 188 Å². The van der Waals surface area contributed by atoms with Crippen molar-refractivity contribution in [3.63, 3.8) is 0 Å². The Bertz CT molecular complexity index is 980. The van der Waals surface area contributed by atoms with Crippen molar-refractivity contribution < 1.29 is 14.3 Å². The number of benzene rings is 1. The fourth-order valence-electron chi connectivity index (χ4n) is 5.01. The lowest BCUT2D eigenvalue weighted by molar-refractivity contribution is 0.0617. The van der Waals surface area contributed by atoms with Crippen molar-refractivity contribution in [1.29, 1.82) is 0 Å². The van der Waals surface area contributed by atoms with E-state index in [1.165, 1.54) is 5.56 Å². The minimum Gasteiger partial charge on any atom is -0.454 e. The summed E-state index contributed by atoms with van der Waals surface area (Å²) in [5.41, 5.74) is 1.48. The standard InChI is InChI=1S/C23H32N6O3/c1-27(2)12-9-24-22(30)21-26-25-20-5-6-23(15-29(20)21)7-10-28(11-8-23)14-17-3-4-18-19(13-17)32-16-31-18/h3-4,13H,5-12,14-16H2,1-2H3,(H,24,30). The fourth-order valence-corrected chi connectivity index (χ4v) is 5.01. The van der Waals surface area contributed by atoms with Crippen LogP contribution in [0.3, 0.4) is 0 Å². The van der Waals surface area contributed by atoms with Crippen LogP contribution < -0.4 is 14.8 Å². The van der Waals surface area contributed by atoms with Crippen LogP contribution in [0.4, 0.5) is 0 Å². The van der Waals surface area contributed by atoms with Gasteiger partial charge in [-0.15, -0.1) is 10.2 Å². The van der Waals surface area contributed by atoms with E-state index in [0.29, 0.717) is 19.2 Å². The Kier molecular flexibility index (Phi) is 5.77. The van der Waals surface area contributed by atoms with Crippen LogP contribution in [0.25, 0.3) is 0 Å². The monoisotopic (exact) mass is 440 g/mol. The van der Waals surface area contributed by atoms with Crippen LogP contribution in [0.15, 0.2) is 18.2 Å². The van der Waals surface area contributed by atoms with Gasteiger partial charge in [-0.05, 0) is 69.6 Å². The van der Waals surface area contributed by atoms with E-state index in [0.717, 1.165) is 75.7 Å². The molecular weight excluding hydrogens is 408 g/mol. The van der Waals surface area contributed by atoms with Crippen LogP contribution in [0.2, 0.25) is 0 Å². The maximum Gasteiger partial charge on any atom is 0.289 e. The van der Waals surface area contributed by atoms with Gasteiger partial charge >= 0.3 is 0 Å². The van der Waals surface area contributed by atoms with E-state index in [4.69, 9.17) is 9.47 Å². The van der Waals surface area contributed by atoms with Crippen LogP contribution in [-0.2, 0) is 19.5 Å². The molecule has 0 saturated carbocycles. The van der Waals surface area contributed by atoms with Gasteiger partial charge in [-0.3, -0.25) is 9.69 Å². The number of piperidine rings is 1. The lowest BCUT2D eigenvalue weighted by Gasteiger charge is -2.44. The summed E-state index contributed by atoms with van der Waals surface area (Å²) in [6.07, 6.45) is 4.25. The molecule has 0 radical (unpaired) electrons. The Morgan fingerprint density at radius 2 is 1.97 bits per heavy atom. The highest BCUT2D eigenvalue weighted by Gasteiger charge is 2.39. The van der Waals surface area contributed by atoms with Crippen molar-refractivity contribution in [3.8, 4) is 11.5 Å². The maximum absolute atomic E-state index is 12.7. The molecule has 32 heavy (non-hydrogen) atoms. The van der Waals surface area contributed by atoms with Gasteiger partial charge in [0.05, 0.1) is 0 Å². The number of hydrogen-bond acceptors (Lipinski definition) is 7. The SMILES string of the molecule is CN(C)CCNC(=O)c1nnc2n1CC1(CC2)CCN(Cc2ccc3c(c2)OCO3)CC1. The topological polar surface area (TPSA) is 84.8 Å². The smallest absolute Gasteiger partial charge is 0.289 e. The predicted molar refractivity (Wildman–Crippen MR) is 119 cm³/mol. The summed E-state index contributed by atoms with van der Waals surface area (Å²) < 4.78 is 13.0. The first-order chi connectivity index (χ1) is 15.5. The van der Waals surface area contributed by atoms with Crippen LogP contribution in [0, 0.1) is 5.41 Å². The molecule has 172 valence electrons. The lowest BCUT2D eigenvalue weighted by atomic mass is 9.73. The van der Waals surface area contributed by atoms with Gasteiger partial charge in [-0.25, -0.2) is 0 Å². The van der Waals surface area contributed by atoms with Crippen molar-refractivity contribution in [3.05, 3.63) is 35.4 Å². The fraction of sp³-hybridized carbons (Fsp3) is 0.609. The molecule has 9 nitrogen and oxygen atoms in total. The summed E-state index contributed by atoms with van der Waals surface area (Å²) in [5, 5.41) is 11.5. The van der Waals surface area contributed by atoms with E-state index in [-0.39, 0.29) is 11.3 Å². The molecule has 3 aliphatic heterocycles. The molecule has 1 saturated heterocycles. The van der Waals surface area contributed by atoms with E-state index in [1.807, 2.05) is 25.1 Å². The average molecular weight is 441 g/mol. The van der Waals surface area contributed by atoms with E-state index in [1.54, 1.807) is 0 Å². The summed E-state index contributed by atoms with van der Waals surface area (Å²) in [4.78, 5) is 17.2. The van der Waals surface area contributed by atoms with Gasteiger partial charge in [0.25, 0.3) is 5.91 Å². The number of aromatic nitrogens is 3. The molecule has 4 heterocycles. The van der Waals surface area contributed by atoms with Gasteiger partial charge in [0, 0.05) is 32.6 Å². The minimum absolute atomic E-state index is 0.122. The zero-order chi connectivity index (χ0) is 22.1. The highest BCUT2D eigenvalue weighted by atomic mass is 16.7. The zero-order valence-corrected chi connectivity index (χ0v) is 19.0. The van der Waals surface area contributed by atoms with Gasteiger partial charge in [0.1, 0.15) is 5.82 Å². The van der Waals surface area contributed by atoms with Crippen molar-refractivity contribution in [2.24, 2.45) is 5.41 Å². The molecule has 0 unspecified atom stereocenters. The number of hydrogen-bond donors (Lipinski definition) is 1. The second-order valence-electron chi connectivity index (χ2n) is 9.55. The van der Waals surface area contributed by atoms with Crippen LogP contribution in [-0.4, -0.2) is 77.5 Å². The normalized spacial score (nSPS) is 19.3. The quantitative estimate of drug-likeness (QED) is 0.729. The molecule has 0 atom stereocenters. The lowest BCUT2D eigenvalue weighted by Crippen LogP contribution is -2.45. The van der Waals surface area contributed by atoms with E-state index < -0.39 is 0 Å². The van der Waals surface area contributed by atoms with Crippen molar-refractivity contribution >= 4 is 5.91 Å². The molecule has 1 amide bonds. The Morgan fingerprint density at radius 1 is 1.16 bits per heavy atom. The molecule has 0 aliphatic carbocycles. The van der Waals surface area contributed by atoms with Gasteiger partial charge in [0.2, 0.25) is 12.6 Å². The maximum atomic E-state index is 12.7. The number of likely N-dealkylation sites (N-methyl/N-ethyl adjacent to an activating group) is 1. The zero-order valence-electron chi connectivity index (χ0n) is 19.0. The summed E-state index contributed by atoms with van der Waals surface area (Å²) in [7, 11) is 3.99. The number of fused-ring (bicyclic) bond motifs is 2. The second kappa shape index (κ2) is 8.71. The van der Waals surface area contributed by atoms with Crippen molar-refractivity contribution in [1.82, 2.24) is 29.9 Å². The van der Waals surface area contributed by atoms with E-state index in [2.05, 4.69) is 37.1 Å². The Hall–Kier alpha value is -2.65. The Morgan fingerprint density at radius 3 is 2.78 bits per heavy atom. The molecule has 9 heteroatoms. The van der Waals surface area contributed by atoms with Gasteiger partial charge < -0.3 is 24.3 Å². The number of likely N-dealkylation sites (tertiary alicyclic amines) is 1. The third-order valence-corrected chi connectivity index (χ3v) is 7.01. The third-order valence-electron chi connectivity index (χ3n) is 7.01. The van der Waals surface area contributed by atoms with Crippen LogP contribution in [0.1, 0.15) is 41.3 Å². The van der Waals surface area contributed by atoms with Gasteiger partial charge in [-0.2, -0.15) is 0 Å². The molecule has 1 fully saturated rings. The predicted octanol–water partition coefficient (Wildman–Crippen LogP) is 1.53. The number of carbonyl (C=O) groups is 1. The van der Waals surface area contributed by atoms with E-state index >= 15 is 0 Å². The van der Waals surface area contributed by atoms with Crippen molar-refractivity contribution in [2.75, 3.05) is 47.1 Å². The number of amides is 1. The molecule has 2 aromatic rings. The molecule has 0 bridgehead atoms. The highest BCUT2D eigenvalue weighted by Crippen LogP contribution is 2.41. The van der Waals surface area contributed by atoms with Gasteiger partial charge in [0.15, 0.2) is 11.5 Å². The Balaban J connectivity index is 1.19. The van der Waals surface area contributed by atoms with E-state index in [9.17, 15) is 4.79 Å². The van der Waals surface area contributed by atoms with Crippen molar-refractivity contribution in [2.45, 2.75) is 38.8 Å². The summed E-state index contributed by atoms with van der Waals surface area (Å²) >= 11 is 0. The number of aryl methyl sites for hydroxylation is 1. The first kappa shape index (κ1) is 21.2. The summed E-state index contributed by atoms with van der Waals surface area (Å²) in [6, 6.07) is 6.23. The number of nitrogens with zero attached hydrogens (tertiary/aromatic N) is 5. The van der Waals surface area contributed by atoms with Crippen LogP contribution >= 0.6 is 0 Å². The highest BCUT2D eigenvalue weighted by molar-refractivity contribution is 5.90. The molecule has 3 aliphatic rings. The third kappa shape index (κ3) is 4.31. The minimum atomic E-state index is -0.122. The average Bonchev–Trinajstić information content (AvgIpc) is 3.41. The summed E-state index contributed by atoms with van der Waals surface area (Å²) in [5.74, 6) is 2.96. The van der Waals surface area contributed by atoms with Gasteiger partial charge in [-0.1, -0.05) is 6.07 Å². The largest absolute Gasteiger partial charge is 0.454 e.